The zero-order chi connectivity index (χ0) is 14.3. The highest BCUT2D eigenvalue weighted by molar-refractivity contribution is 7.89. The Kier molecular flexibility index (Phi) is 3.60. The van der Waals surface area contributed by atoms with Crippen molar-refractivity contribution in [3.63, 3.8) is 0 Å². The first-order valence-corrected chi connectivity index (χ1v) is 8.81. The van der Waals surface area contributed by atoms with Gasteiger partial charge in [-0.1, -0.05) is 25.1 Å². The number of aryl methyl sites for hydroxylation is 1. The lowest BCUT2D eigenvalue weighted by atomic mass is 9.98. The fraction of sp³-hybridized carbons (Fsp3) is 0.600. The topological polar surface area (TPSA) is 63.4 Å². The highest BCUT2D eigenvalue weighted by atomic mass is 32.2. The van der Waals surface area contributed by atoms with Crippen molar-refractivity contribution in [2.75, 3.05) is 13.1 Å². The van der Waals surface area contributed by atoms with Crippen molar-refractivity contribution < 1.29 is 8.42 Å². The minimum absolute atomic E-state index is 0.168. The molecular formula is C15H22N2O2S. The molecule has 1 heterocycles. The Bertz CT molecular complexity index is 600. The Labute approximate surface area is 121 Å². The third kappa shape index (κ3) is 2.18. The fourth-order valence-electron chi connectivity index (χ4n) is 3.65. The van der Waals surface area contributed by atoms with Gasteiger partial charge >= 0.3 is 0 Å². The Morgan fingerprint density at radius 3 is 2.70 bits per heavy atom. The lowest BCUT2D eigenvalue weighted by Crippen LogP contribution is -2.33. The Hall–Kier alpha value is -0.910. The lowest BCUT2D eigenvalue weighted by Gasteiger charge is -2.20. The molecule has 2 N–H and O–H groups in total. The van der Waals surface area contributed by atoms with Crippen LogP contribution < -0.4 is 5.73 Å². The zero-order valence-corrected chi connectivity index (χ0v) is 12.6. The molecule has 0 bridgehead atoms. The maximum Gasteiger partial charge on any atom is 0.243 e. The van der Waals surface area contributed by atoms with Crippen molar-refractivity contribution in [3.8, 4) is 0 Å². The van der Waals surface area contributed by atoms with Crippen LogP contribution in [0.3, 0.4) is 0 Å². The Morgan fingerprint density at radius 1 is 1.25 bits per heavy atom. The first-order valence-electron chi connectivity index (χ1n) is 7.37. The third-order valence-corrected chi connectivity index (χ3v) is 6.78. The Balaban J connectivity index is 1.90. The van der Waals surface area contributed by atoms with Crippen LogP contribution in [0.15, 0.2) is 29.2 Å². The molecule has 5 heteroatoms. The number of rotatable bonds is 3. The number of sulfonamides is 1. The predicted molar refractivity (Wildman–Crippen MR) is 78.8 cm³/mol. The molecule has 1 aliphatic heterocycles. The fourth-order valence-corrected chi connectivity index (χ4v) is 5.48. The lowest BCUT2D eigenvalue weighted by molar-refractivity contribution is 0.426. The van der Waals surface area contributed by atoms with Gasteiger partial charge in [-0.3, -0.25) is 0 Å². The molecule has 1 aromatic carbocycles. The van der Waals surface area contributed by atoms with Crippen LogP contribution in [0.25, 0.3) is 0 Å². The number of fused-ring (bicyclic) bond motifs is 1. The normalized spacial score (nSPS) is 30.6. The molecule has 1 saturated carbocycles. The van der Waals surface area contributed by atoms with Crippen LogP contribution in [0.5, 0.6) is 0 Å². The van der Waals surface area contributed by atoms with E-state index < -0.39 is 10.0 Å². The van der Waals surface area contributed by atoms with Gasteiger partial charge in [0.05, 0.1) is 4.90 Å². The maximum atomic E-state index is 12.8. The first-order chi connectivity index (χ1) is 9.54. The first kappa shape index (κ1) is 14.0. The smallest absolute Gasteiger partial charge is 0.243 e. The van der Waals surface area contributed by atoms with E-state index in [1.165, 1.54) is 0 Å². The van der Waals surface area contributed by atoms with Gasteiger partial charge in [0.25, 0.3) is 0 Å². The van der Waals surface area contributed by atoms with Crippen molar-refractivity contribution in [1.82, 2.24) is 4.31 Å². The summed E-state index contributed by atoms with van der Waals surface area (Å²) in [7, 11) is -3.37. The molecule has 1 saturated heterocycles. The SMILES string of the molecule is CCc1ccccc1S(=O)(=O)N1CC2CCC(N)C2C1. The molecule has 0 spiro atoms. The van der Waals surface area contributed by atoms with Crippen molar-refractivity contribution >= 4 is 10.0 Å². The Morgan fingerprint density at radius 2 is 2.00 bits per heavy atom. The maximum absolute atomic E-state index is 12.8. The molecule has 3 unspecified atom stereocenters. The molecule has 1 aromatic rings. The molecule has 20 heavy (non-hydrogen) atoms. The van der Waals surface area contributed by atoms with Crippen molar-refractivity contribution in [2.24, 2.45) is 17.6 Å². The molecule has 3 atom stereocenters. The van der Waals surface area contributed by atoms with Crippen molar-refractivity contribution in [3.05, 3.63) is 29.8 Å². The molecule has 1 aliphatic carbocycles. The molecular weight excluding hydrogens is 272 g/mol. The van der Waals surface area contributed by atoms with Crippen molar-refractivity contribution in [2.45, 2.75) is 37.1 Å². The van der Waals surface area contributed by atoms with Crippen LogP contribution in [0.2, 0.25) is 0 Å². The summed E-state index contributed by atoms with van der Waals surface area (Å²) in [6.07, 6.45) is 2.83. The molecule has 0 aromatic heterocycles. The van der Waals surface area contributed by atoms with E-state index in [-0.39, 0.29) is 6.04 Å². The van der Waals surface area contributed by atoms with E-state index in [1.54, 1.807) is 16.4 Å². The molecule has 0 radical (unpaired) electrons. The van der Waals surface area contributed by atoms with Gasteiger partial charge in [0, 0.05) is 19.1 Å². The third-order valence-electron chi connectivity index (χ3n) is 4.85. The predicted octanol–water partition coefficient (Wildman–Crippen LogP) is 1.61. The van der Waals surface area contributed by atoms with E-state index in [2.05, 4.69) is 0 Å². The van der Waals surface area contributed by atoms with Crippen LogP contribution in [-0.4, -0.2) is 31.9 Å². The number of hydrogen-bond acceptors (Lipinski definition) is 3. The number of benzene rings is 1. The van der Waals surface area contributed by atoms with Gasteiger partial charge in [-0.05, 0) is 42.7 Å². The standard InChI is InChI=1S/C15H22N2O2S/c1-2-11-5-3-4-6-15(11)20(18,19)17-9-12-7-8-14(16)13(12)10-17/h3-6,12-14H,2,7-10,16H2,1H3. The summed E-state index contributed by atoms with van der Waals surface area (Å²) in [4.78, 5) is 0.469. The minimum atomic E-state index is -3.37. The average molecular weight is 294 g/mol. The van der Waals surface area contributed by atoms with Crippen LogP contribution >= 0.6 is 0 Å². The molecule has 4 nitrogen and oxygen atoms in total. The number of hydrogen-bond donors (Lipinski definition) is 1. The summed E-state index contributed by atoms with van der Waals surface area (Å²) >= 11 is 0. The molecule has 0 amide bonds. The van der Waals surface area contributed by atoms with Crippen LogP contribution in [0.4, 0.5) is 0 Å². The minimum Gasteiger partial charge on any atom is -0.327 e. The average Bonchev–Trinajstić information content (AvgIpc) is 3.02. The summed E-state index contributed by atoms with van der Waals surface area (Å²) in [5.74, 6) is 0.798. The van der Waals surface area contributed by atoms with E-state index in [4.69, 9.17) is 5.73 Å². The molecule has 2 aliphatic rings. The summed E-state index contributed by atoms with van der Waals surface area (Å²) in [5.41, 5.74) is 7.00. The van der Waals surface area contributed by atoms with Crippen LogP contribution in [0, 0.1) is 11.8 Å². The summed E-state index contributed by atoms with van der Waals surface area (Å²) in [5, 5.41) is 0. The van der Waals surface area contributed by atoms with E-state index >= 15 is 0 Å². The van der Waals surface area contributed by atoms with E-state index in [0.717, 1.165) is 24.8 Å². The highest BCUT2D eigenvalue weighted by Crippen LogP contribution is 2.39. The molecule has 2 fully saturated rings. The van der Waals surface area contributed by atoms with Gasteiger partial charge in [-0.25, -0.2) is 8.42 Å². The summed E-state index contributed by atoms with van der Waals surface area (Å²) < 4.78 is 27.3. The summed E-state index contributed by atoms with van der Waals surface area (Å²) in [6.45, 7) is 3.22. The van der Waals surface area contributed by atoms with Crippen molar-refractivity contribution in [1.29, 1.82) is 0 Å². The van der Waals surface area contributed by atoms with Crippen LogP contribution in [-0.2, 0) is 16.4 Å². The van der Waals surface area contributed by atoms with Gasteiger partial charge in [0.2, 0.25) is 10.0 Å². The van der Waals surface area contributed by atoms with E-state index in [0.29, 0.717) is 29.8 Å². The van der Waals surface area contributed by atoms with E-state index in [1.807, 2.05) is 19.1 Å². The zero-order valence-electron chi connectivity index (χ0n) is 11.8. The largest absolute Gasteiger partial charge is 0.327 e. The van der Waals surface area contributed by atoms with Gasteiger partial charge in [0.15, 0.2) is 0 Å². The van der Waals surface area contributed by atoms with Gasteiger partial charge in [0.1, 0.15) is 0 Å². The number of nitrogens with two attached hydrogens (primary N) is 1. The van der Waals surface area contributed by atoms with Crippen LogP contribution in [0.1, 0.15) is 25.3 Å². The quantitative estimate of drug-likeness (QED) is 0.921. The molecule has 110 valence electrons. The molecule has 3 rings (SSSR count). The van der Waals surface area contributed by atoms with Gasteiger partial charge < -0.3 is 5.73 Å². The second kappa shape index (κ2) is 5.13. The monoisotopic (exact) mass is 294 g/mol. The van der Waals surface area contributed by atoms with E-state index in [9.17, 15) is 8.42 Å². The number of nitrogens with zero attached hydrogens (tertiary/aromatic N) is 1. The summed E-state index contributed by atoms with van der Waals surface area (Å²) in [6, 6.07) is 7.49. The van der Waals surface area contributed by atoms with Gasteiger partial charge in [-0.15, -0.1) is 0 Å². The van der Waals surface area contributed by atoms with Gasteiger partial charge in [-0.2, -0.15) is 4.31 Å². The highest BCUT2D eigenvalue weighted by Gasteiger charge is 2.45. The second-order valence-electron chi connectivity index (χ2n) is 5.95. The second-order valence-corrected chi connectivity index (χ2v) is 7.85.